The molecule has 0 amide bonds. The lowest BCUT2D eigenvalue weighted by molar-refractivity contribution is 0.174. The maximum absolute atomic E-state index is 10.1. The Hall–Kier alpha value is -2.36. The molecule has 1 aliphatic heterocycles. The summed E-state index contributed by atoms with van der Waals surface area (Å²) in [6.07, 6.45) is 0. The van der Waals surface area contributed by atoms with Crippen molar-refractivity contribution in [3.63, 3.8) is 0 Å². The molecular formula is C17H19NO3. The van der Waals surface area contributed by atoms with Crippen LogP contribution in [0.25, 0.3) is 0 Å². The minimum Gasteiger partial charge on any atom is -0.507 e. The zero-order chi connectivity index (χ0) is 15.0. The van der Waals surface area contributed by atoms with E-state index in [0.29, 0.717) is 18.0 Å². The first-order chi connectivity index (χ1) is 10.0. The van der Waals surface area contributed by atoms with Crippen LogP contribution < -0.4 is 14.8 Å². The average molecular weight is 285 g/mol. The Kier molecular flexibility index (Phi) is 3.37. The van der Waals surface area contributed by atoms with Crippen LogP contribution in [0.5, 0.6) is 17.2 Å². The van der Waals surface area contributed by atoms with Crippen LogP contribution in [-0.4, -0.2) is 11.9 Å². The van der Waals surface area contributed by atoms with Gasteiger partial charge in [-0.1, -0.05) is 17.7 Å². The molecule has 0 bridgehead atoms. The van der Waals surface area contributed by atoms with Crippen LogP contribution in [0, 0.1) is 20.8 Å². The van der Waals surface area contributed by atoms with E-state index in [9.17, 15) is 5.11 Å². The third-order valence-corrected chi connectivity index (χ3v) is 3.71. The number of anilines is 1. The van der Waals surface area contributed by atoms with Crippen LogP contribution in [0.15, 0.2) is 24.3 Å². The second-order valence-electron chi connectivity index (χ2n) is 5.46. The van der Waals surface area contributed by atoms with Crippen LogP contribution in [-0.2, 0) is 6.54 Å². The Labute approximate surface area is 124 Å². The summed E-state index contributed by atoms with van der Waals surface area (Å²) < 4.78 is 10.6. The zero-order valence-electron chi connectivity index (χ0n) is 12.5. The normalized spacial score (nSPS) is 12.5. The van der Waals surface area contributed by atoms with Gasteiger partial charge in [-0.05, 0) is 38.0 Å². The monoisotopic (exact) mass is 285 g/mol. The molecule has 0 aromatic heterocycles. The van der Waals surface area contributed by atoms with Crippen molar-refractivity contribution in [2.75, 3.05) is 12.1 Å². The summed E-state index contributed by atoms with van der Waals surface area (Å²) in [5.74, 6) is 1.50. The van der Waals surface area contributed by atoms with Crippen LogP contribution in [0.3, 0.4) is 0 Å². The molecule has 0 aliphatic carbocycles. The molecule has 0 fully saturated rings. The number of benzene rings is 2. The van der Waals surface area contributed by atoms with Gasteiger partial charge in [-0.25, -0.2) is 0 Å². The first-order valence-electron chi connectivity index (χ1n) is 6.98. The van der Waals surface area contributed by atoms with Crippen molar-refractivity contribution in [2.24, 2.45) is 0 Å². The lowest BCUT2D eigenvalue weighted by Crippen LogP contribution is -2.03. The smallest absolute Gasteiger partial charge is 0.231 e. The van der Waals surface area contributed by atoms with Gasteiger partial charge >= 0.3 is 0 Å². The Balaban J connectivity index is 1.83. The fraction of sp³-hybridized carbons (Fsp3) is 0.294. The number of phenolic OH excluding ortho intramolecular Hbond substituents is 1. The summed E-state index contributed by atoms with van der Waals surface area (Å²) in [7, 11) is 0. The number of phenols is 1. The van der Waals surface area contributed by atoms with E-state index in [4.69, 9.17) is 9.47 Å². The van der Waals surface area contributed by atoms with E-state index < -0.39 is 0 Å². The number of fused-ring (bicyclic) bond motifs is 1. The van der Waals surface area contributed by atoms with Crippen LogP contribution >= 0.6 is 0 Å². The van der Waals surface area contributed by atoms with Gasteiger partial charge in [0.15, 0.2) is 11.5 Å². The van der Waals surface area contributed by atoms with Crippen LogP contribution in [0.4, 0.5) is 5.69 Å². The zero-order valence-corrected chi connectivity index (χ0v) is 12.5. The summed E-state index contributed by atoms with van der Waals surface area (Å²) in [5.41, 5.74) is 5.55. The molecule has 2 aromatic rings. The number of nitrogens with one attached hydrogen (secondary N) is 1. The lowest BCUT2D eigenvalue weighted by Gasteiger charge is -2.15. The molecule has 0 atom stereocenters. The van der Waals surface area contributed by atoms with E-state index in [1.54, 1.807) is 6.07 Å². The lowest BCUT2D eigenvalue weighted by atomic mass is 10.0. The minimum absolute atomic E-state index is 0.210. The molecule has 0 spiro atoms. The first kappa shape index (κ1) is 13.6. The Morgan fingerprint density at radius 3 is 2.29 bits per heavy atom. The molecule has 0 saturated heterocycles. The number of aryl methyl sites for hydroxylation is 3. The van der Waals surface area contributed by atoms with Gasteiger partial charge in [-0.3, -0.25) is 0 Å². The number of hydrogen-bond acceptors (Lipinski definition) is 4. The van der Waals surface area contributed by atoms with Gasteiger partial charge in [0.1, 0.15) is 5.75 Å². The molecule has 1 aliphatic rings. The Morgan fingerprint density at radius 2 is 1.62 bits per heavy atom. The van der Waals surface area contributed by atoms with E-state index in [1.165, 1.54) is 16.7 Å². The molecular weight excluding hydrogens is 266 g/mol. The van der Waals surface area contributed by atoms with Gasteiger partial charge in [0.05, 0.1) is 0 Å². The Morgan fingerprint density at radius 1 is 1.00 bits per heavy atom. The van der Waals surface area contributed by atoms with E-state index in [1.807, 2.05) is 6.07 Å². The summed E-state index contributed by atoms with van der Waals surface area (Å²) >= 11 is 0. The summed E-state index contributed by atoms with van der Waals surface area (Å²) in [6, 6.07) is 7.72. The van der Waals surface area contributed by atoms with Crippen molar-refractivity contribution >= 4 is 5.69 Å². The average Bonchev–Trinajstić information content (AvgIpc) is 2.84. The highest BCUT2D eigenvalue weighted by Gasteiger charge is 2.17. The highest BCUT2D eigenvalue weighted by Crippen LogP contribution is 2.38. The fourth-order valence-electron chi connectivity index (χ4n) is 2.76. The molecule has 0 radical (unpaired) electrons. The predicted molar refractivity (Wildman–Crippen MR) is 82.2 cm³/mol. The minimum atomic E-state index is 0.210. The highest BCUT2D eigenvalue weighted by atomic mass is 16.7. The van der Waals surface area contributed by atoms with Crippen LogP contribution in [0.2, 0.25) is 0 Å². The second kappa shape index (κ2) is 5.20. The van der Waals surface area contributed by atoms with Crippen molar-refractivity contribution in [3.8, 4) is 17.2 Å². The topological polar surface area (TPSA) is 50.7 Å². The van der Waals surface area contributed by atoms with Crippen LogP contribution in [0.1, 0.15) is 22.3 Å². The molecule has 2 aromatic carbocycles. The maximum atomic E-state index is 10.1. The quantitative estimate of drug-likeness (QED) is 0.903. The van der Waals surface area contributed by atoms with Gasteiger partial charge < -0.3 is 19.9 Å². The number of rotatable bonds is 3. The fourth-order valence-corrected chi connectivity index (χ4v) is 2.76. The molecule has 21 heavy (non-hydrogen) atoms. The van der Waals surface area contributed by atoms with E-state index in [2.05, 4.69) is 38.2 Å². The summed E-state index contributed by atoms with van der Waals surface area (Å²) in [4.78, 5) is 0. The number of ether oxygens (including phenoxy) is 2. The second-order valence-corrected chi connectivity index (χ2v) is 5.46. The third-order valence-electron chi connectivity index (χ3n) is 3.71. The van der Waals surface area contributed by atoms with Gasteiger partial charge in [-0.15, -0.1) is 0 Å². The summed E-state index contributed by atoms with van der Waals surface area (Å²) in [6.45, 7) is 7.01. The van der Waals surface area contributed by atoms with Crippen molar-refractivity contribution in [2.45, 2.75) is 27.3 Å². The van der Waals surface area contributed by atoms with Gasteiger partial charge in [0.2, 0.25) is 6.79 Å². The van der Waals surface area contributed by atoms with Gasteiger partial charge in [0.25, 0.3) is 0 Å². The highest BCUT2D eigenvalue weighted by molar-refractivity contribution is 5.59. The number of hydrogen-bond donors (Lipinski definition) is 2. The number of aromatic hydroxyl groups is 1. The van der Waals surface area contributed by atoms with Crippen molar-refractivity contribution in [1.29, 1.82) is 0 Å². The van der Waals surface area contributed by atoms with E-state index >= 15 is 0 Å². The molecule has 2 N–H and O–H groups in total. The third kappa shape index (κ3) is 2.61. The van der Waals surface area contributed by atoms with Gasteiger partial charge in [0, 0.05) is 23.9 Å². The molecule has 0 saturated carbocycles. The largest absolute Gasteiger partial charge is 0.507 e. The first-order valence-corrected chi connectivity index (χ1v) is 6.98. The molecule has 3 rings (SSSR count). The van der Waals surface area contributed by atoms with Gasteiger partial charge in [-0.2, -0.15) is 0 Å². The molecule has 110 valence electrons. The molecule has 0 unspecified atom stereocenters. The molecule has 4 heteroatoms. The van der Waals surface area contributed by atoms with E-state index in [0.717, 1.165) is 11.3 Å². The Bertz CT molecular complexity index is 672. The molecule has 4 nitrogen and oxygen atoms in total. The van der Waals surface area contributed by atoms with E-state index in [-0.39, 0.29) is 12.5 Å². The maximum Gasteiger partial charge on any atom is 0.231 e. The molecule has 1 heterocycles. The predicted octanol–water partition coefficient (Wildman–Crippen LogP) is 3.66. The standard InChI is InChI=1S/C17H19NO3/c1-10-4-11(2)17(12(3)5-10)18-8-13-6-15-16(7-14(13)19)21-9-20-15/h4-7,18-19H,8-9H2,1-3H3. The summed E-state index contributed by atoms with van der Waals surface area (Å²) in [5, 5.41) is 13.5. The SMILES string of the molecule is Cc1cc(C)c(NCc2cc3c(cc2O)OCO3)c(C)c1. The van der Waals surface area contributed by atoms with Crippen molar-refractivity contribution < 1.29 is 14.6 Å². The van der Waals surface area contributed by atoms with Crippen molar-refractivity contribution in [3.05, 3.63) is 46.5 Å². The van der Waals surface area contributed by atoms with Crippen molar-refractivity contribution in [1.82, 2.24) is 0 Å².